The molecule has 0 aromatic heterocycles. The maximum atomic E-state index is 13.1. The molecule has 5 atom stereocenters. The number of ether oxygens (including phenoxy) is 1. The molecule has 1 heterocycles. The Kier molecular flexibility index (Phi) is 11.7. The fourth-order valence-corrected chi connectivity index (χ4v) is 4.07. The summed E-state index contributed by atoms with van der Waals surface area (Å²) in [5.41, 5.74) is 1.05. The summed E-state index contributed by atoms with van der Waals surface area (Å²) in [7, 11) is 0. The maximum absolute atomic E-state index is 13.1. The Morgan fingerprint density at radius 2 is 1.66 bits per heavy atom. The zero-order chi connectivity index (χ0) is 25.8. The molecule has 8 heteroatoms. The third kappa shape index (κ3) is 9.34. The van der Waals surface area contributed by atoms with Crippen LogP contribution in [0.4, 0.5) is 0 Å². The molecule has 0 aliphatic carbocycles. The third-order valence-electron chi connectivity index (χ3n) is 6.56. The quantitative estimate of drug-likeness (QED) is 0.366. The first-order valence-electron chi connectivity index (χ1n) is 12.9. The number of carbonyl (C=O) groups is 4. The van der Waals surface area contributed by atoms with Gasteiger partial charge in [-0.1, -0.05) is 70.4 Å². The lowest BCUT2D eigenvalue weighted by Crippen LogP contribution is -2.55. The van der Waals surface area contributed by atoms with E-state index >= 15 is 0 Å². The van der Waals surface area contributed by atoms with Gasteiger partial charge in [-0.3, -0.25) is 14.4 Å². The van der Waals surface area contributed by atoms with Crippen LogP contribution in [0, 0.1) is 5.92 Å². The second kappa shape index (κ2) is 14.5. The number of rotatable bonds is 9. The van der Waals surface area contributed by atoms with Crippen molar-refractivity contribution in [3.05, 3.63) is 35.9 Å². The monoisotopic (exact) mass is 487 g/mol. The number of esters is 1. The van der Waals surface area contributed by atoms with E-state index in [1.165, 1.54) is 0 Å². The highest BCUT2D eigenvalue weighted by molar-refractivity contribution is 5.93. The van der Waals surface area contributed by atoms with Crippen LogP contribution < -0.4 is 16.0 Å². The van der Waals surface area contributed by atoms with E-state index < -0.39 is 42.0 Å². The Hall–Kier alpha value is -2.90. The smallest absolute Gasteiger partial charge is 0.329 e. The lowest BCUT2D eigenvalue weighted by Gasteiger charge is -2.26. The van der Waals surface area contributed by atoms with E-state index in [9.17, 15) is 19.2 Å². The number of hydrogen-bond acceptors (Lipinski definition) is 5. The number of unbranched alkanes of at least 4 members (excludes halogenated alkanes) is 2. The summed E-state index contributed by atoms with van der Waals surface area (Å²) in [6, 6.07) is 7.17. The summed E-state index contributed by atoms with van der Waals surface area (Å²) in [6.07, 6.45) is 4.30. The first-order chi connectivity index (χ1) is 16.7. The molecule has 1 aromatic rings. The minimum Gasteiger partial charge on any atom is -0.460 e. The van der Waals surface area contributed by atoms with Gasteiger partial charge in [0.05, 0.1) is 6.42 Å². The van der Waals surface area contributed by atoms with Crippen molar-refractivity contribution in [2.45, 2.75) is 103 Å². The highest BCUT2D eigenvalue weighted by Crippen LogP contribution is 2.17. The van der Waals surface area contributed by atoms with Gasteiger partial charge in [0, 0.05) is 0 Å². The lowest BCUT2D eigenvalue weighted by atomic mass is 9.98. The average molecular weight is 488 g/mol. The summed E-state index contributed by atoms with van der Waals surface area (Å²) < 4.78 is 5.77. The average Bonchev–Trinajstić information content (AvgIpc) is 2.84. The minimum absolute atomic E-state index is 0.0265. The van der Waals surface area contributed by atoms with Crippen molar-refractivity contribution in [1.82, 2.24) is 16.0 Å². The maximum Gasteiger partial charge on any atom is 0.329 e. The molecule has 1 fully saturated rings. The van der Waals surface area contributed by atoms with Gasteiger partial charge in [0.1, 0.15) is 24.2 Å². The predicted octanol–water partition coefficient (Wildman–Crippen LogP) is 3.04. The summed E-state index contributed by atoms with van der Waals surface area (Å²) in [4.78, 5) is 51.9. The van der Waals surface area contributed by atoms with Crippen LogP contribution in [0.25, 0.3) is 0 Å². The number of carbonyl (C=O) groups excluding carboxylic acids is 4. The number of benzene rings is 1. The van der Waals surface area contributed by atoms with E-state index in [0.29, 0.717) is 25.7 Å². The van der Waals surface area contributed by atoms with Gasteiger partial charge in [0.15, 0.2) is 0 Å². The van der Waals surface area contributed by atoms with Crippen molar-refractivity contribution in [3.63, 3.8) is 0 Å². The zero-order valence-electron chi connectivity index (χ0n) is 21.5. The summed E-state index contributed by atoms with van der Waals surface area (Å²) >= 11 is 0. The topological polar surface area (TPSA) is 114 Å². The van der Waals surface area contributed by atoms with Gasteiger partial charge in [0.2, 0.25) is 17.7 Å². The van der Waals surface area contributed by atoms with Gasteiger partial charge in [-0.2, -0.15) is 0 Å². The van der Waals surface area contributed by atoms with Crippen molar-refractivity contribution < 1.29 is 23.9 Å². The Morgan fingerprint density at radius 1 is 0.943 bits per heavy atom. The van der Waals surface area contributed by atoms with E-state index in [4.69, 9.17) is 4.74 Å². The van der Waals surface area contributed by atoms with Crippen LogP contribution in [0.3, 0.4) is 0 Å². The SMILES string of the molecule is CCCCC[C@@H]1CC(=O)N[C@@H](CCc2ccccc2)C(=O)N[C@@H](C)C(=O)N[C@H]([C@@H](C)CC)C(=O)O1. The molecule has 1 aromatic carbocycles. The normalized spacial score (nSPS) is 25.1. The molecule has 194 valence electrons. The number of cyclic esters (lactones) is 1. The van der Waals surface area contributed by atoms with Crippen LogP contribution in [-0.2, 0) is 30.3 Å². The van der Waals surface area contributed by atoms with Crippen LogP contribution in [0.5, 0.6) is 0 Å². The van der Waals surface area contributed by atoms with Crippen LogP contribution in [0.1, 0.15) is 78.2 Å². The molecule has 0 radical (unpaired) electrons. The molecule has 1 saturated heterocycles. The van der Waals surface area contributed by atoms with E-state index in [1.54, 1.807) is 6.92 Å². The predicted molar refractivity (Wildman–Crippen MR) is 134 cm³/mol. The van der Waals surface area contributed by atoms with E-state index in [-0.39, 0.29) is 18.2 Å². The van der Waals surface area contributed by atoms with Gasteiger partial charge in [-0.05, 0) is 44.1 Å². The lowest BCUT2D eigenvalue weighted by molar-refractivity contribution is -0.156. The van der Waals surface area contributed by atoms with E-state index in [0.717, 1.165) is 24.8 Å². The molecule has 1 aliphatic rings. The Labute approximate surface area is 208 Å². The highest BCUT2D eigenvalue weighted by Gasteiger charge is 2.33. The van der Waals surface area contributed by atoms with Crippen molar-refractivity contribution in [1.29, 1.82) is 0 Å². The standard InChI is InChI=1S/C27H41N3O5/c1-5-7-9-14-21-17-23(31)29-22(16-15-20-12-10-8-11-13-20)26(33)28-19(4)25(32)30-24(18(3)6-2)27(34)35-21/h8,10-13,18-19,21-22,24H,5-7,9,14-17H2,1-4H3,(H,28,33)(H,29,31)(H,30,32)/t18-,19-,21+,22-,24+/m0/s1. The highest BCUT2D eigenvalue weighted by atomic mass is 16.5. The van der Waals surface area contributed by atoms with Gasteiger partial charge in [0.25, 0.3) is 0 Å². The Balaban J connectivity index is 2.27. The summed E-state index contributed by atoms with van der Waals surface area (Å²) in [5, 5.41) is 8.28. The molecule has 0 bridgehead atoms. The number of amides is 3. The molecular weight excluding hydrogens is 446 g/mol. The zero-order valence-corrected chi connectivity index (χ0v) is 21.5. The van der Waals surface area contributed by atoms with Gasteiger partial charge < -0.3 is 20.7 Å². The van der Waals surface area contributed by atoms with Gasteiger partial charge in [-0.25, -0.2) is 4.79 Å². The van der Waals surface area contributed by atoms with Crippen molar-refractivity contribution in [3.8, 4) is 0 Å². The van der Waals surface area contributed by atoms with Crippen molar-refractivity contribution in [2.75, 3.05) is 0 Å². The molecule has 1 aliphatic heterocycles. The van der Waals surface area contributed by atoms with Crippen molar-refractivity contribution in [2.24, 2.45) is 5.92 Å². The molecule has 3 N–H and O–H groups in total. The van der Waals surface area contributed by atoms with Crippen LogP contribution >= 0.6 is 0 Å². The fourth-order valence-electron chi connectivity index (χ4n) is 4.07. The fraction of sp³-hybridized carbons (Fsp3) is 0.630. The Bertz CT molecular complexity index is 844. The minimum atomic E-state index is -0.876. The molecule has 0 spiro atoms. The molecule has 3 amide bonds. The summed E-state index contributed by atoms with van der Waals surface area (Å²) in [6.45, 7) is 7.44. The summed E-state index contributed by atoms with van der Waals surface area (Å²) in [5.74, 6) is -1.94. The third-order valence-corrected chi connectivity index (χ3v) is 6.56. The largest absolute Gasteiger partial charge is 0.460 e. The van der Waals surface area contributed by atoms with Crippen molar-refractivity contribution >= 4 is 23.7 Å². The number of aryl methyl sites for hydroxylation is 1. The van der Waals surface area contributed by atoms with Crippen LogP contribution in [0.2, 0.25) is 0 Å². The Morgan fingerprint density at radius 3 is 2.31 bits per heavy atom. The van der Waals surface area contributed by atoms with Gasteiger partial charge in [-0.15, -0.1) is 0 Å². The van der Waals surface area contributed by atoms with Gasteiger partial charge >= 0.3 is 5.97 Å². The molecule has 2 rings (SSSR count). The molecule has 8 nitrogen and oxygen atoms in total. The van der Waals surface area contributed by atoms with E-state index in [2.05, 4.69) is 22.9 Å². The van der Waals surface area contributed by atoms with Crippen LogP contribution in [0.15, 0.2) is 30.3 Å². The van der Waals surface area contributed by atoms with Crippen LogP contribution in [-0.4, -0.2) is 47.9 Å². The van der Waals surface area contributed by atoms with E-state index in [1.807, 2.05) is 44.2 Å². The second-order valence-electron chi connectivity index (χ2n) is 9.51. The molecular formula is C27H41N3O5. The molecule has 0 saturated carbocycles. The number of nitrogens with one attached hydrogen (secondary N) is 3. The first-order valence-corrected chi connectivity index (χ1v) is 12.9. The first kappa shape index (κ1) is 28.3. The molecule has 0 unspecified atom stereocenters. The second-order valence-corrected chi connectivity index (χ2v) is 9.51. The molecule has 35 heavy (non-hydrogen) atoms. The number of hydrogen-bond donors (Lipinski definition) is 3.